The van der Waals surface area contributed by atoms with Crippen LogP contribution in [0.4, 0.5) is 5.69 Å². The van der Waals surface area contributed by atoms with Crippen molar-refractivity contribution in [3.63, 3.8) is 0 Å². The molecule has 2 aromatic rings. The maximum absolute atomic E-state index is 5.92. The van der Waals surface area contributed by atoms with Gasteiger partial charge < -0.3 is 10.5 Å². The van der Waals surface area contributed by atoms with Gasteiger partial charge in [-0.3, -0.25) is 0 Å². The minimum atomic E-state index is 0.804. The van der Waals surface area contributed by atoms with Crippen LogP contribution in [0.5, 0.6) is 5.75 Å². The van der Waals surface area contributed by atoms with E-state index in [0.29, 0.717) is 0 Å². The molecule has 0 aliphatic rings. The highest BCUT2D eigenvalue weighted by atomic mass is 16.5. The van der Waals surface area contributed by atoms with E-state index in [1.54, 1.807) is 7.11 Å². The molecule has 0 aliphatic heterocycles. The predicted octanol–water partition coefficient (Wildman–Crippen LogP) is 3.87. The van der Waals surface area contributed by atoms with Crippen molar-refractivity contribution in [2.24, 2.45) is 0 Å². The standard InChI is InChI=1S/C16H19NO/c1-10-5-13(9-14(17)6-10)15-7-12(3)16(18-4)8-11(15)2/h5-9H,17H2,1-4H3. The van der Waals surface area contributed by atoms with Crippen molar-refractivity contribution in [2.45, 2.75) is 20.8 Å². The Hall–Kier alpha value is -1.96. The van der Waals surface area contributed by atoms with E-state index in [4.69, 9.17) is 10.5 Å². The third-order valence-corrected chi connectivity index (χ3v) is 3.15. The number of benzene rings is 2. The van der Waals surface area contributed by atoms with E-state index < -0.39 is 0 Å². The lowest BCUT2D eigenvalue weighted by Gasteiger charge is -2.12. The van der Waals surface area contributed by atoms with Gasteiger partial charge in [0.1, 0.15) is 5.75 Å². The average molecular weight is 241 g/mol. The molecule has 2 aromatic carbocycles. The van der Waals surface area contributed by atoms with Gasteiger partial charge in [-0.15, -0.1) is 0 Å². The van der Waals surface area contributed by atoms with Crippen LogP contribution in [0, 0.1) is 20.8 Å². The lowest BCUT2D eigenvalue weighted by Crippen LogP contribution is -1.93. The first-order chi connectivity index (χ1) is 8.51. The van der Waals surface area contributed by atoms with Crippen molar-refractivity contribution >= 4 is 5.69 Å². The molecule has 2 nitrogen and oxygen atoms in total. The number of anilines is 1. The van der Waals surface area contributed by atoms with Gasteiger partial charge in [0.2, 0.25) is 0 Å². The number of nitrogens with two attached hydrogens (primary N) is 1. The molecule has 0 amide bonds. The summed E-state index contributed by atoms with van der Waals surface area (Å²) in [6, 6.07) is 10.4. The van der Waals surface area contributed by atoms with Crippen LogP contribution in [0.25, 0.3) is 11.1 Å². The molecule has 0 unspecified atom stereocenters. The van der Waals surface area contributed by atoms with Gasteiger partial charge in [0.25, 0.3) is 0 Å². The molecule has 0 saturated carbocycles. The van der Waals surface area contributed by atoms with Crippen LogP contribution in [0.2, 0.25) is 0 Å². The zero-order valence-corrected chi connectivity index (χ0v) is 11.4. The van der Waals surface area contributed by atoms with Gasteiger partial charge in [0.15, 0.2) is 0 Å². The summed E-state index contributed by atoms with van der Waals surface area (Å²) in [7, 11) is 1.70. The summed E-state index contributed by atoms with van der Waals surface area (Å²) in [6.07, 6.45) is 0. The van der Waals surface area contributed by atoms with Crippen LogP contribution < -0.4 is 10.5 Å². The third-order valence-electron chi connectivity index (χ3n) is 3.15. The van der Waals surface area contributed by atoms with Crippen LogP contribution in [0.3, 0.4) is 0 Å². The van der Waals surface area contributed by atoms with Crippen LogP contribution in [0.15, 0.2) is 30.3 Å². The topological polar surface area (TPSA) is 35.2 Å². The van der Waals surface area contributed by atoms with Gasteiger partial charge >= 0.3 is 0 Å². The molecule has 0 atom stereocenters. The Morgan fingerprint density at radius 2 is 1.61 bits per heavy atom. The van der Waals surface area contributed by atoms with Gasteiger partial charge in [-0.05, 0) is 72.9 Å². The largest absolute Gasteiger partial charge is 0.496 e. The van der Waals surface area contributed by atoms with Crippen LogP contribution >= 0.6 is 0 Å². The number of rotatable bonds is 2. The molecule has 0 heterocycles. The molecule has 2 heteroatoms. The van der Waals surface area contributed by atoms with Gasteiger partial charge in [-0.2, -0.15) is 0 Å². The van der Waals surface area contributed by atoms with Gasteiger partial charge in [0, 0.05) is 5.69 Å². The fourth-order valence-corrected chi connectivity index (χ4v) is 2.29. The number of aryl methyl sites for hydroxylation is 3. The lowest BCUT2D eigenvalue weighted by atomic mass is 9.96. The molecule has 2 N–H and O–H groups in total. The SMILES string of the molecule is COc1cc(C)c(-c2cc(C)cc(N)c2)cc1C. The Morgan fingerprint density at radius 3 is 2.22 bits per heavy atom. The molecular formula is C16H19NO. The normalized spacial score (nSPS) is 10.4. The van der Waals surface area contributed by atoms with Crippen molar-refractivity contribution in [1.82, 2.24) is 0 Å². The maximum atomic E-state index is 5.92. The fraction of sp³-hybridized carbons (Fsp3) is 0.250. The van der Waals surface area contributed by atoms with Crippen molar-refractivity contribution in [3.05, 3.63) is 47.0 Å². The highest BCUT2D eigenvalue weighted by Gasteiger charge is 2.07. The Labute approximate surface area is 108 Å². The molecule has 0 spiro atoms. The van der Waals surface area contributed by atoms with Crippen LogP contribution in [-0.2, 0) is 0 Å². The average Bonchev–Trinajstić information content (AvgIpc) is 2.30. The lowest BCUT2D eigenvalue weighted by molar-refractivity contribution is 0.411. The Morgan fingerprint density at radius 1 is 0.889 bits per heavy atom. The third kappa shape index (κ3) is 2.33. The quantitative estimate of drug-likeness (QED) is 0.810. The summed E-state index contributed by atoms with van der Waals surface area (Å²) >= 11 is 0. The number of hydrogen-bond acceptors (Lipinski definition) is 2. The van der Waals surface area contributed by atoms with E-state index in [9.17, 15) is 0 Å². The Balaban J connectivity index is 2.60. The maximum Gasteiger partial charge on any atom is 0.122 e. The van der Waals surface area contributed by atoms with Crippen molar-refractivity contribution in [2.75, 3.05) is 12.8 Å². The number of methoxy groups -OCH3 is 1. The summed E-state index contributed by atoms with van der Waals surface area (Å²) in [5.41, 5.74) is 12.6. The molecule has 0 bridgehead atoms. The summed E-state index contributed by atoms with van der Waals surface area (Å²) in [5, 5.41) is 0. The second kappa shape index (κ2) is 4.73. The van der Waals surface area contributed by atoms with Crippen LogP contribution in [0.1, 0.15) is 16.7 Å². The summed E-state index contributed by atoms with van der Waals surface area (Å²) in [6.45, 7) is 6.21. The monoisotopic (exact) mass is 241 g/mol. The van der Waals surface area contributed by atoms with E-state index in [1.807, 2.05) is 12.1 Å². The fourth-order valence-electron chi connectivity index (χ4n) is 2.29. The van der Waals surface area contributed by atoms with Gasteiger partial charge in [0.05, 0.1) is 7.11 Å². The first-order valence-corrected chi connectivity index (χ1v) is 6.04. The summed E-state index contributed by atoms with van der Waals surface area (Å²) < 4.78 is 5.34. The van der Waals surface area contributed by atoms with Crippen molar-refractivity contribution < 1.29 is 4.74 Å². The first kappa shape index (κ1) is 12.5. The first-order valence-electron chi connectivity index (χ1n) is 6.04. The zero-order valence-electron chi connectivity index (χ0n) is 11.4. The van der Waals surface area contributed by atoms with Gasteiger partial charge in [-0.25, -0.2) is 0 Å². The second-order valence-corrected chi connectivity index (χ2v) is 4.77. The smallest absolute Gasteiger partial charge is 0.122 e. The molecular weight excluding hydrogens is 222 g/mol. The highest BCUT2D eigenvalue weighted by Crippen LogP contribution is 2.31. The van der Waals surface area contributed by atoms with E-state index in [2.05, 4.69) is 39.0 Å². The molecule has 0 aromatic heterocycles. The molecule has 0 radical (unpaired) electrons. The molecule has 0 fully saturated rings. The van der Waals surface area contributed by atoms with Crippen molar-refractivity contribution in [3.8, 4) is 16.9 Å². The van der Waals surface area contributed by atoms with E-state index in [0.717, 1.165) is 22.6 Å². The van der Waals surface area contributed by atoms with E-state index >= 15 is 0 Å². The minimum absolute atomic E-state index is 0.804. The predicted molar refractivity (Wildman–Crippen MR) is 77.1 cm³/mol. The van der Waals surface area contributed by atoms with Crippen LogP contribution in [-0.4, -0.2) is 7.11 Å². The number of hydrogen-bond donors (Lipinski definition) is 1. The summed E-state index contributed by atoms with van der Waals surface area (Å²) in [4.78, 5) is 0. The number of nitrogen functional groups attached to an aromatic ring is 1. The minimum Gasteiger partial charge on any atom is -0.496 e. The zero-order chi connectivity index (χ0) is 13.3. The van der Waals surface area contributed by atoms with E-state index in [-0.39, 0.29) is 0 Å². The molecule has 94 valence electrons. The Bertz CT molecular complexity index is 568. The molecule has 2 rings (SSSR count). The number of ether oxygens (including phenoxy) is 1. The molecule has 18 heavy (non-hydrogen) atoms. The second-order valence-electron chi connectivity index (χ2n) is 4.77. The van der Waals surface area contributed by atoms with Gasteiger partial charge in [-0.1, -0.05) is 6.07 Å². The molecule has 0 aliphatic carbocycles. The highest BCUT2D eigenvalue weighted by molar-refractivity contribution is 5.73. The molecule has 0 saturated heterocycles. The Kier molecular flexibility index (Phi) is 3.28. The van der Waals surface area contributed by atoms with Crippen molar-refractivity contribution in [1.29, 1.82) is 0 Å². The summed E-state index contributed by atoms with van der Waals surface area (Å²) in [5.74, 6) is 0.928. The van der Waals surface area contributed by atoms with E-state index in [1.165, 1.54) is 16.7 Å².